The largest absolute Gasteiger partial charge is 0.383 e. The minimum Gasteiger partial charge on any atom is -0.383 e. The van der Waals surface area contributed by atoms with Gasteiger partial charge < -0.3 is 9.90 Å². The van der Waals surface area contributed by atoms with E-state index in [1.807, 2.05) is 6.92 Å². The Hall–Kier alpha value is -0.370. The van der Waals surface area contributed by atoms with Gasteiger partial charge in [-0.25, -0.2) is 0 Å². The molecule has 0 aromatic heterocycles. The van der Waals surface area contributed by atoms with Gasteiger partial charge in [-0.15, -0.1) is 0 Å². The van der Waals surface area contributed by atoms with Gasteiger partial charge in [-0.05, 0) is 13.3 Å². The highest BCUT2D eigenvalue weighted by Crippen LogP contribution is 2.09. The Labute approximate surface area is 55.9 Å². The standard InChI is InChI=1S/C7H14O2/c1-3-4-5-7(2,9)6-8/h6,9H,3-5H2,1-2H3. The minimum atomic E-state index is -1.09. The predicted molar refractivity (Wildman–Crippen MR) is 36.2 cm³/mol. The third-order valence-electron chi connectivity index (χ3n) is 1.29. The smallest absolute Gasteiger partial charge is 0.151 e. The van der Waals surface area contributed by atoms with Gasteiger partial charge in [0, 0.05) is 0 Å². The van der Waals surface area contributed by atoms with E-state index in [0.717, 1.165) is 12.8 Å². The number of carbonyl (C=O) groups excluding carboxylic acids is 1. The van der Waals surface area contributed by atoms with Crippen LogP contribution >= 0.6 is 0 Å². The first kappa shape index (κ1) is 8.63. The summed E-state index contributed by atoms with van der Waals surface area (Å²) in [4.78, 5) is 10.1. The molecule has 9 heavy (non-hydrogen) atoms. The Bertz CT molecular complexity index is 86.9. The Kier molecular flexibility index (Phi) is 3.47. The number of aliphatic hydroxyl groups is 1. The molecule has 0 aromatic rings. The molecule has 2 heteroatoms. The van der Waals surface area contributed by atoms with Crippen molar-refractivity contribution >= 4 is 6.29 Å². The average molecular weight is 130 g/mol. The topological polar surface area (TPSA) is 37.3 Å². The SMILES string of the molecule is CCCCC(C)(O)C=O. The van der Waals surface area contributed by atoms with Crippen molar-refractivity contribution in [2.45, 2.75) is 38.7 Å². The van der Waals surface area contributed by atoms with E-state index < -0.39 is 5.60 Å². The zero-order valence-corrected chi connectivity index (χ0v) is 6.05. The molecule has 0 aromatic carbocycles. The maximum Gasteiger partial charge on any atom is 0.151 e. The van der Waals surface area contributed by atoms with Gasteiger partial charge in [0.2, 0.25) is 0 Å². The van der Waals surface area contributed by atoms with E-state index in [4.69, 9.17) is 5.11 Å². The fraction of sp³-hybridized carbons (Fsp3) is 0.857. The summed E-state index contributed by atoms with van der Waals surface area (Å²) >= 11 is 0. The highest BCUT2D eigenvalue weighted by molar-refractivity contribution is 5.60. The molecule has 2 nitrogen and oxygen atoms in total. The Morgan fingerprint density at radius 3 is 2.56 bits per heavy atom. The van der Waals surface area contributed by atoms with Gasteiger partial charge in [0.1, 0.15) is 5.60 Å². The molecule has 0 aliphatic heterocycles. The highest BCUT2D eigenvalue weighted by Gasteiger charge is 2.16. The quantitative estimate of drug-likeness (QED) is 0.579. The third kappa shape index (κ3) is 4.15. The number of hydrogen-bond acceptors (Lipinski definition) is 2. The molecule has 0 heterocycles. The van der Waals surface area contributed by atoms with Gasteiger partial charge in [0.25, 0.3) is 0 Å². The van der Waals surface area contributed by atoms with E-state index in [0.29, 0.717) is 12.7 Å². The first-order chi connectivity index (χ1) is 4.12. The number of carbonyl (C=O) groups is 1. The van der Waals surface area contributed by atoms with Gasteiger partial charge in [-0.2, -0.15) is 0 Å². The fourth-order valence-electron chi connectivity index (χ4n) is 0.594. The van der Waals surface area contributed by atoms with Crippen LogP contribution in [0.25, 0.3) is 0 Å². The molecule has 54 valence electrons. The summed E-state index contributed by atoms with van der Waals surface area (Å²) in [6.07, 6.45) is 3.10. The summed E-state index contributed by atoms with van der Waals surface area (Å²) in [5.74, 6) is 0. The van der Waals surface area contributed by atoms with Crippen LogP contribution in [0.15, 0.2) is 0 Å². The molecule has 0 saturated heterocycles. The fourth-order valence-corrected chi connectivity index (χ4v) is 0.594. The lowest BCUT2D eigenvalue weighted by Crippen LogP contribution is -2.25. The Balaban J connectivity index is 3.45. The van der Waals surface area contributed by atoms with Gasteiger partial charge in [0.15, 0.2) is 6.29 Å². The lowest BCUT2D eigenvalue weighted by molar-refractivity contribution is -0.123. The van der Waals surface area contributed by atoms with Gasteiger partial charge in [-0.1, -0.05) is 19.8 Å². The maximum atomic E-state index is 10.1. The van der Waals surface area contributed by atoms with Crippen molar-refractivity contribution < 1.29 is 9.90 Å². The van der Waals surface area contributed by atoms with Crippen LogP contribution in [-0.4, -0.2) is 17.0 Å². The molecule has 0 amide bonds. The molecule has 0 saturated carbocycles. The normalized spacial score (nSPS) is 16.8. The zero-order valence-electron chi connectivity index (χ0n) is 6.05. The van der Waals surface area contributed by atoms with Crippen molar-refractivity contribution in [3.63, 3.8) is 0 Å². The molecule has 1 N–H and O–H groups in total. The van der Waals surface area contributed by atoms with Crippen molar-refractivity contribution in [1.29, 1.82) is 0 Å². The first-order valence-corrected chi connectivity index (χ1v) is 3.31. The van der Waals surface area contributed by atoms with E-state index in [1.165, 1.54) is 6.92 Å². The summed E-state index contributed by atoms with van der Waals surface area (Å²) in [6.45, 7) is 3.57. The molecule has 0 aliphatic carbocycles. The molecule has 0 radical (unpaired) electrons. The van der Waals surface area contributed by atoms with Crippen LogP contribution in [0.4, 0.5) is 0 Å². The summed E-state index contributed by atoms with van der Waals surface area (Å²) in [6, 6.07) is 0. The number of hydrogen-bond donors (Lipinski definition) is 1. The van der Waals surface area contributed by atoms with Crippen molar-refractivity contribution in [3.05, 3.63) is 0 Å². The van der Waals surface area contributed by atoms with E-state index >= 15 is 0 Å². The van der Waals surface area contributed by atoms with Crippen LogP contribution in [0.2, 0.25) is 0 Å². The summed E-state index contributed by atoms with van der Waals surface area (Å²) < 4.78 is 0. The third-order valence-corrected chi connectivity index (χ3v) is 1.29. The maximum absolute atomic E-state index is 10.1. The lowest BCUT2D eigenvalue weighted by Gasteiger charge is -2.13. The summed E-state index contributed by atoms with van der Waals surface area (Å²) in [5.41, 5.74) is -1.09. The van der Waals surface area contributed by atoms with Crippen molar-refractivity contribution in [2.75, 3.05) is 0 Å². The average Bonchev–Trinajstić information content (AvgIpc) is 1.84. The lowest BCUT2D eigenvalue weighted by atomic mass is 10.0. The van der Waals surface area contributed by atoms with Crippen LogP contribution < -0.4 is 0 Å². The van der Waals surface area contributed by atoms with Crippen molar-refractivity contribution in [2.24, 2.45) is 0 Å². The Morgan fingerprint density at radius 1 is 1.67 bits per heavy atom. The number of rotatable bonds is 4. The number of unbranched alkanes of at least 4 members (excludes halogenated alkanes) is 1. The second-order valence-electron chi connectivity index (χ2n) is 2.58. The van der Waals surface area contributed by atoms with E-state index in [1.54, 1.807) is 0 Å². The predicted octanol–water partition coefficient (Wildman–Crippen LogP) is 1.13. The van der Waals surface area contributed by atoms with E-state index in [9.17, 15) is 4.79 Å². The van der Waals surface area contributed by atoms with Crippen LogP contribution in [-0.2, 0) is 4.79 Å². The molecular formula is C7H14O2. The van der Waals surface area contributed by atoms with Crippen LogP contribution in [0.1, 0.15) is 33.1 Å². The van der Waals surface area contributed by atoms with Crippen LogP contribution in [0, 0.1) is 0 Å². The van der Waals surface area contributed by atoms with E-state index in [-0.39, 0.29) is 0 Å². The number of aldehydes is 1. The molecule has 1 atom stereocenters. The molecule has 0 spiro atoms. The Morgan fingerprint density at radius 2 is 2.22 bits per heavy atom. The molecule has 0 fully saturated rings. The van der Waals surface area contributed by atoms with Gasteiger partial charge in [-0.3, -0.25) is 0 Å². The molecular weight excluding hydrogens is 116 g/mol. The van der Waals surface area contributed by atoms with Crippen molar-refractivity contribution in [3.8, 4) is 0 Å². The molecule has 1 unspecified atom stereocenters. The van der Waals surface area contributed by atoms with Gasteiger partial charge in [0.05, 0.1) is 0 Å². The van der Waals surface area contributed by atoms with Gasteiger partial charge >= 0.3 is 0 Å². The minimum absolute atomic E-state index is 0.576. The van der Waals surface area contributed by atoms with Crippen molar-refractivity contribution in [1.82, 2.24) is 0 Å². The zero-order chi connectivity index (χ0) is 7.33. The molecule has 0 bridgehead atoms. The monoisotopic (exact) mass is 130 g/mol. The first-order valence-electron chi connectivity index (χ1n) is 3.31. The second kappa shape index (κ2) is 3.62. The van der Waals surface area contributed by atoms with E-state index in [2.05, 4.69) is 0 Å². The summed E-state index contributed by atoms with van der Waals surface area (Å²) in [5, 5.41) is 9.09. The second-order valence-corrected chi connectivity index (χ2v) is 2.58. The van der Waals surface area contributed by atoms with Crippen LogP contribution in [0.3, 0.4) is 0 Å². The van der Waals surface area contributed by atoms with Crippen LogP contribution in [0.5, 0.6) is 0 Å². The molecule has 0 aliphatic rings. The highest BCUT2D eigenvalue weighted by atomic mass is 16.3. The summed E-state index contributed by atoms with van der Waals surface area (Å²) in [7, 11) is 0. The molecule has 0 rings (SSSR count).